The predicted octanol–water partition coefficient (Wildman–Crippen LogP) is 5.99. The minimum atomic E-state index is -0.693. The number of carbonyl (C=O) groups excluding carboxylic acids is 3. The standard InChI is InChI=1S/C36H53N3O5S/c1-6-10-11-16-26-44-34(43)30-29-32(41)39(24-14-12-13-15-25-40)31(36(29)22-21-35(30,5)45-36)33(42)38(23-7-2)28-19-17-27(18-20-28)37(8-3)9-4/h6-7,17-20,29-31,40H,1-2,8-16,21-26H2,3-5H3/t29-,30-,31?,35+,36?/m0/s1. The first kappa shape index (κ1) is 35.1. The van der Waals surface area contributed by atoms with Crippen molar-refractivity contribution in [1.29, 1.82) is 0 Å². The van der Waals surface area contributed by atoms with Crippen molar-refractivity contribution in [3.05, 3.63) is 49.6 Å². The number of anilines is 2. The summed E-state index contributed by atoms with van der Waals surface area (Å²) in [6.07, 6.45) is 10.7. The second-order valence-electron chi connectivity index (χ2n) is 12.8. The highest BCUT2D eigenvalue weighted by atomic mass is 32.2. The fraction of sp³-hybridized carbons (Fsp3) is 0.639. The summed E-state index contributed by atoms with van der Waals surface area (Å²) in [4.78, 5) is 48.8. The van der Waals surface area contributed by atoms with Crippen LogP contribution in [0.1, 0.15) is 78.6 Å². The Bertz CT molecular complexity index is 1200. The molecule has 4 rings (SSSR count). The van der Waals surface area contributed by atoms with Crippen molar-refractivity contribution < 1.29 is 24.2 Å². The van der Waals surface area contributed by atoms with Gasteiger partial charge in [-0.1, -0.05) is 25.0 Å². The van der Waals surface area contributed by atoms with E-state index in [0.717, 1.165) is 69.4 Å². The number of esters is 1. The quantitative estimate of drug-likeness (QED) is 0.113. The molecule has 3 saturated heterocycles. The molecule has 8 nitrogen and oxygen atoms in total. The number of allylic oxidation sites excluding steroid dienone is 1. The van der Waals surface area contributed by atoms with Gasteiger partial charge in [0, 0.05) is 48.9 Å². The molecular weight excluding hydrogens is 586 g/mol. The SMILES string of the molecule is C=CCCCCOC(=O)[C@@H]1[C@H]2C(=O)N(CCCCCCO)C(C(=O)N(CC=C)c3ccc(N(CC)CC)cc3)C23CC[C@@]1(C)S3. The molecule has 5 atom stereocenters. The Morgan fingerprint density at radius 1 is 1.02 bits per heavy atom. The highest BCUT2D eigenvalue weighted by Gasteiger charge is 2.77. The van der Waals surface area contributed by atoms with Gasteiger partial charge in [-0.15, -0.1) is 24.9 Å². The second-order valence-corrected chi connectivity index (χ2v) is 14.7. The van der Waals surface area contributed by atoms with Crippen LogP contribution in [0.3, 0.4) is 0 Å². The van der Waals surface area contributed by atoms with Crippen LogP contribution >= 0.6 is 11.8 Å². The van der Waals surface area contributed by atoms with Crippen molar-refractivity contribution >= 4 is 40.9 Å². The van der Waals surface area contributed by atoms with Crippen molar-refractivity contribution in [3.8, 4) is 0 Å². The van der Waals surface area contributed by atoms with Gasteiger partial charge in [0.15, 0.2) is 0 Å². The second kappa shape index (κ2) is 15.7. The molecule has 2 unspecified atom stereocenters. The zero-order valence-corrected chi connectivity index (χ0v) is 28.4. The summed E-state index contributed by atoms with van der Waals surface area (Å²) in [6, 6.07) is 7.36. The number of hydrogen-bond acceptors (Lipinski definition) is 7. The van der Waals surface area contributed by atoms with Crippen molar-refractivity contribution in [2.45, 2.75) is 94.1 Å². The van der Waals surface area contributed by atoms with Crippen LogP contribution in [0.2, 0.25) is 0 Å². The molecule has 1 spiro atoms. The first-order valence-corrected chi connectivity index (χ1v) is 17.7. The molecule has 248 valence electrons. The molecule has 3 aliphatic heterocycles. The van der Waals surface area contributed by atoms with E-state index in [1.165, 1.54) is 0 Å². The fourth-order valence-electron chi connectivity index (χ4n) is 7.74. The van der Waals surface area contributed by atoms with Gasteiger partial charge < -0.3 is 24.5 Å². The zero-order valence-electron chi connectivity index (χ0n) is 27.5. The maximum absolute atomic E-state index is 14.8. The van der Waals surface area contributed by atoms with Gasteiger partial charge >= 0.3 is 5.97 Å². The van der Waals surface area contributed by atoms with E-state index in [-0.39, 0.29) is 24.4 Å². The Labute approximate surface area is 274 Å². The Morgan fingerprint density at radius 2 is 1.71 bits per heavy atom. The average Bonchev–Trinajstić information content (AvgIpc) is 3.60. The average molecular weight is 640 g/mol. The molecule has 0 radical (unpaired) electrons. The lowest BCUT2D eigenvalue weighted by atomic mass is 9.66. The summed E-state index contributed by atoms with van der Waals surface area (Å²) in [6.45, 7) is 17.0. The molecule has 0 aliphatic carbocycles. The number of hydrogen-bond donors (Lipinski definition) is 1. The lowest BCUT2D eigenvalue weighted by Gasteiger charge is -2.37. The summed E-state index contributed by atoms with van der Waals surface area (Å²) in [5.41, 5.74) is 1.86. The Morgan fingerprint density at radius 3 is 2.36 bits per heavy atom. The molecule has 2 amide bonds. The van der Waals surface area contributed by atoms with Gasteiger partial charge in [0.1, 0.15) is 6.04 Å². The van der Waals surface area contributed by atoms with Gasteiger partial charge in [-0.3, -0.25) is 14.4 Å². The van der Waals surface area contributed by atoms with Gasteiger partial charge in [-0.05, 0) is 90.0 Å². The van der Waals surface area contributed by atoms with E-state index in [0.29, 0.717) is 32.5 Å². The first-order chi connectivity index (χ1) is 21.7. The van der Waals surface area contributed by atoms with Crippen LogP contribution in [-0.4, -0.2) is 82.7 Å². The highest BCUT2D eigenvalue weighted by molar-refractivity contribution is 8.02. The number of thioether (sulfide) groups is 1. The largest absolute Gasteiger partial charge is 0.465 e. The lowest BCUT2D eigenvalue weighted by Crippen LogP contribution is -2.55. The number of aliphatic hydroxyl groups is 1. The number of benzene rings is 1. The van der Waals surface area contributed by atoms with Gasteiger partial charge in [0.05, 0.1) is 23.2 Å². The van der Waals surface area contributed by atoms with E-state index in [2.05, 4.69) is 38.8 Å². The van der Waals surface area contributed by atoms with Crippen LogP contribution in [0.5, 0.6) is 0 Å². The van der Waals surface area contributed by atoms with Crippen LogP contribution in [0.25, 0.3) is 0 Å². The van der Waals surface area contributed by atoms with E-state index in [9.17, 15) is 19.5 Å². The van der Waals surface area contributed by atoms with Crippen molar-refractivity contribution in [2.75, 3.05) is 49.2 Å². The fourth-order valence-corrected chi connectivity index (χ4v) is 10.1. The van der Waals surface area contributed by atoms with E-state index in [1.54, 1.807) is 27.6 Å². The number of amides is 2. The summed E-state index contributed by atoms with van der Waals surface area (Å²) in [7, 11) is 0. The number of aliphatic hydroxyl groups excluding tert-OH is 1. The normalized spacial score (nSPS) is 26.5. The molecular formula is C36H53N3O5S. The molecule has 1 N–H and O–H groups in total. The Hall–Kier alpha value is -2.78. The monoisotopic (exact) mass is 639 g/mol. The highest BCUT2D eigenvalue weighted by Crippen LogP contribution is 2.71. The van der Waals surface area contributed by atoms with E-state index in [1.807, 2.05) is 30.3 Å². The van der Waals surface area contributed by atoms with Crippen LogP contribution in [0.4, 0.5) is 11.4 Å². The molecule has 0 saturated carbocycles. The van der Waals surface area contributed by atoms with Crippen LogP contribution in [0, 0.1) is 11.8 Å². The van der Waals surface area contributed by atoms with E-state index < -0.39 is 27.4 Å². The zero-order chi connectivity index (χ0) is 32.6. The minimum Gasteiger partial charge on any atom is -0.465 e. The third-order valence-corrected chi connectivity index (χ3v) is 12.0. The van der Waals surface area contributed by atoms with Gasteiger partial charge in [0.2, 0.25) is 5.91 Å². The Balaban J connectivity index is 1.66. The van der Waals surface area contributed by atoms with Crippen molar-refractivity contribution in [2.24, 2.45) is 11.8 Å². The number of carbonyl (C=O) groups is 3. The van der Waals surface area contributed by atoms with E-state index in [4.69, 9.17) is 4.74 Å². The topological polar surface area (TPSA) is 90.4 Å². The third-order valence-electron chi connectivity index (χ3n) is 9.99. The molecule has 1 aromatic carbocycles. The first-order valence-electron chi connectivity index (χ1n) is 16.9. The van der Waals surface area contributed by atoms with Gasteiger partial charge in [-0.25, -0.2) is 0 Å². The summed E-state index contributed by atoms with van der Waals surface area (Å²) in [5.74, 6) is -1.71. The van der Waals surface area contributed by atoms with Gasteiger partial charge in [-0.2, -0.15) is 0 Å². The van der Waals surface area contributed by atoms with Gasteiger partial charge in [0.25, 0.3) is 5.91 Å². The van der Waals surface area contributed by atoms with Crippen LogP contribution in [-0.2, 0) is 19.1 Å². The number of rotatable bonds is 19. The molecule has 45 heavy (non-hydrogen) atoms. The predicted molar refractivity (Wildman–Crippen MR) is 184 cm³/mol. The smallest absolute Gasteiger partial charge is 0.311 e. The summed E-state index contributed by atoms with van der Waals surface area (Å²) < 4.78 is 4.66. The number of unbranched alkanes of at least 4 members (excludes halogenated alkanes) is 5. The van der Waals surface area contributed by atoms with Crippen molar-refractivity contribution in [1.82, 2.24) is 4.90 Å². The number of fused-ring (bicyclic) bond motifs is 1. The number of likely N-dealkylation sites (tertiary alicyclic amines) is 1. The molecule has 3 heterocycles. The van der Waals surface area contributed by atoms with Crippen LogP contribution < -0.4 is 9.80 Å². The minimum absolute atomic E-state index is 0.101. The molecule has 2 bridgehead atoms. The van der Waals surface area contributed by atoms with Crippen LogP contribution in [0.15, 0.2) is 49.6 Å². The number of nitrogens with zero attached hydrogens (tertiary/aromatic N) is 3. The maximum Gasteiger partial charge on any atom is 0.311 e. The molecule has 3 fully saturated rings. The lowest BCUT2D eigenvalue weighted by molar-refractivity contribution is -0.155. The molecule has 1 aromatic rings. The summed E-state index contributed by atoms with van der Waals surface area (Å²) in [5, 5.41) is 9.24. The summed E-state index contributed by atoms with van der Waals surface area (Å²) >= 11 is 1.68. The van der Waals surface area contributed by atoms with Crippen molar-refractivity contribution in [3.63, 3.8) is 0 Å². The molecule has 3 aliphatic rings. The Kier molecular flexibility index (Phi) is 12.2. The molecule has 0 aromatic heterocycles. The maximum atomic E-state index is 14.8. The number of ether oxygens (including phenoxy) is 1. The molecule has 9 heteroatoms. The third kappa shape index (κ3) is 6.99. The van der Waals surface area contributed by atoms with E-state index >= 15 is 0 Å².